The molecule has 5 nitrogen and oxygen atoms in total. The van der Waals surface area contributed by atoms with E-state index in [1.54, 1.807) is 12.1 Å². The van der Waals surface area contributed by atoms with Gasteiger partial charge in [0, 0.05) is 18.8 Å². The molecule has 1 aromatic carbocycles. The molecule has 122 valence electrons. The number of benzene rings is 1. The van der Waals surface area contributed by atoms with Gasteiger partial charge in [0.1, 0.15) is 0 Å². The first kappa shape index (κ1) is 16.0. The summed E-state index contributed by atoms with van der Waals surface area (Å²) < 4.78 is 0. The number of carbonyl (C=O) groups is 1. The highest BCUT2D eigenvalue weighted by molar-refractivity contribution is 5.98. The summed E-state index contributed by atoms with van der Waals surface area (Å²) >= 11 is 0. The van der Waals surface area contributed by atoms with E-state index in [1.165, 1.54) is 0 Å². The first-order chi connectivity index (χ1) is 11.2. The number of nitrogens with zero attached hydrogens (tertiary/aromatic N) is 3. The lowest BCUT2D eigenvalue weighted by Crippen LogP contribution is -2.54. The molecular weight excluding hydrogens is 290 g/mol. The molecular formula is C18H23N3O2. The highest BCUT2D eigenvalue weighted by atomic mass is 16.3. The third-order valence-electron chi connectivity index (χ3n) is 5.07. The van der Waals surface area contributed by atoms with E-state index >= 15 is 0 Å². The van der Waals surface area contributed by atoms with Gasteiger partial charge in [0.15, 0.2) is 0 Å². The number of amides is 1. The van der Waals surface area contributed by atoms with Gasteiger partial charge in [-0.25, -0.2) is 0 Å². The second-order valence-electron chi connectivity index (χ2n) is 6.47. The van der Waals surface area contributed by atoms with Crippen molar-refractivity contribution in [2.75, 3.05) is 31.1 Å². The van der Waals surface area contributed by atoms with Crippen LogP contribution in [0.4, 0.5) is 5.69 Å². The molecule has 1 atom stereocenters. The van der Waals surface area contributed by atoms with Gasteiger partial charge in [0.05, 0.1) is 17.7 Å². The number of aliphatic hydroxyl groups is 1. The van der Waals surface area contributed by atoms with Gasteiger partial charge in [-0.15, -0.1) is 0 Å². The van der Waals surface area contributed by atoms with Gasteiger partial charge in [-0.05, 0) is 69.0 Å². The van der Waals surface area contributed by atoms with Crippen LogP contribution in [0.3, 0.4) is 0 Å². The van der Waals surface area contributed by atoms with Gasteiger partial charge in [-0.1, -0.05) is 0 Å². The van der Waals surface area contributed by atoms with E-state index in [4.69, 9.17) is 5.26 Å². The number of carbonyl (C=O) groups excluding carboxylic acids is 1. The molecule has 2 aliphatic heterocycles. The zero-order chi connectivity index (χ0) is 16.2. The molecule has 1 unspecified atom stereocenters. The van der Waals surface area contributed by atoms with Crippen LogP contribution in [0.25, 0.3) is 0 Å². The Labute approximate surface area is 137 Å². The van der Waals surface area contributed by atoms with Gasteiger partial charge < -0.3 is 10.0 Å². The molecule has 0 bridgehead atoms. The van der Waals surface area contributed by atoms with Crippen LogP contribution in [-0.2, 0) is 4.79 Å². The summed E-state index contributed by atoms with van der Waals surface area (Å²) in [5, 5.41) is 18.1. The van der Waals surface area contributed by atoms with E-state index in [-0.39, 0.29) is 18.6 Å². The van der Waals surface area contributed by atoms with E-state index in [1.807, 2.05) is 17.0 Å². The lowest BCUT2D eigenvalue weighted by molar-refractivity contribution is -0.126. The highest BCUT2D eigenvalue weighted by Gasteiger charge is 2.35. The summed E-state index contributed by atoms with van der Waals surface area (Å²) in [6.45, 7) is 2.78. The number of likely N-dealkylation sites (tertiary alicyclic amines) is 1. The molecule has 3 rings (SSSR count). The first-order valence-electron chi connectivity index (χ1n) is 8.39. The standard InChI is InChI=1S/C18H23N3O2/c19-12-14-3-5-16(6-4-14)21-9-1-2-17(18(21)23)20-10-7-15(13-22)8-11-20/h3-6,15,17,22H,1-2,7-11,13H2. The Balaban J connectivity index is 1.69. The summed E-state index contributed by atoms with van der Waals surface area (Å²) in [5.74, 6) is 0.558. The maximum Gasteiger partial charge on any atom is 0.244 e. The Morgan fingerprint density at radius 1 is 1.13 bits per heavy atom. The number of anilines is 1. The second kappa shape index (κ2) is 7.12. The molecule has 2 heterocycles. The molecule has 0 saturated carbocycles. The zero-order valence-corrected chi connectivity index (χ0v) is 13.3. The third kappa shape index (κ3) is 3.39. The van der Waals surface area contributed by atoms with Crippen LogP contribution in [0.1, 0.15) is 31.2 Å². The van der Waals surface area contributed by atoms with Crippen molar-refractivity contribution in [3.8, 4) is 6.07 Å². The zero-order valence-electron chi connectivity index (χ0n) is 13.3. The lowest BCUT2D eigenvalue weighted by Gasteiger charge is -2.41. The molecule has 2 aliphatic rings. The fraction of sp³-hybridized carbons (Fsp3) is 0.556. The van der Waals surface area contributed by atoms with Crippen LogP contribution in [0.15, 0.2) is 24.3 Å². The minimum absolute atomic E-state index is 0.0426. The lowest BCUT2D eigenvalue weighted by atomic mass is 9.94. The van der Waals surface area contributed by atoms with Crippen LogP contribution in [0.2, 0.25) is 0 Å². The van der Waals surface area contributed by atoms with Crippen molar-refractivity contribution in [2.24, 2.45) is 5.92 Å². The smallest absolute Gasteiger partial charge is 0.244 e. The number of nitriles is 1. The number of aliphatic hydroxyl groups excluding tert-OH is 1. The molecule has 0 spiro atoms. The monoisotopic (exact) mass is 313 g/mol. The van der Waals surface area contributed by atoms with Crippen LogP contribution < -0.4 is 4.90 Å². The Kier molecular flexibility index (Phi) is 4.94. The molecule has 0 aliphatic carbocycles. The number of hydrogen-bond acceptors (Lipinski definition) is 4. The van der Waals surface area contributed by atoms with E-state index < -0.39 is 0 Å². The maximum atomic E-state index is 12.9. The molecule has 5 heteroatoms. The Bertz CT molecular complexity index is 585. The highest BCUT2D eigenvalue weighted by Crippen LogP contribution is 2.27. The van der Waals surface area contributed by atoms with E-state index in [0.717, 1.165) is 51.0 Å². The van der Waals surface area contributed by atoms with Crippen LogP contribution in [-0.4, -0.2) is 48.2 Å². The van der Waals surface area contributed by atoms with Crippen molar-refractivity contribution in [1.82, 2.24) is 4.90 Å². The van der Waals surface area contributed by atoms with Crippen molar-refractivity contribution in [3.05, 3.63) is 29.8 Å². The maximum absolute atomic E-state index is 12.9. The average molecular weight is 313 g/mol. The van der Waals surface area contributed by atoms with Crippen molar-refractivity contribution in [3.63, 3.8) is 0 Å². The fourth-order valence-corrected chi connectivity index (χ4v) is 3.61. The molecule has 2 fully saturated rings. The predicted octanol–water partition coefficient (Wildman–Crippen LogP) is 1.76. The van der Waals surface area contributed by atoms with Gasteiger partial charge in [0.2, 0.25) is 5.91 Å². The number of hydrogen-bond donors (Lipinski definition) is 1. The SMILES string of the molecule is N#Cc1ccc(N2CCCC(N3CCC(CO)CC3)C2=O)cc1. The second-order valence-corrected chi connectivity index (χ2v) is 6.47. The molecule has 1 aromatic rings. The van der Waals surface area contributed by atoms with E-state index in [2.05, 4.69) is 11.0 Å². The summed E-state index contributed by atoms with van der Waals surface area (Å²) in [5.41, 5.74) is 1.49. The summed E-state index contributed by atoms with van der Waals surface area (Å²) in [4.78, 5) is 17.0. The fourth-order valence-electron chi connectivity index (χ4n) is 3.61. The van der Waals surface area contributed by atoms with Crippen molar-refractivity contribution in [2.45, 2.75) is 31.7 Å². The molecule has 1 N–H and O–H groups in total. The molecule has 1 amide bonds. The Morgan fingerprint density at radius 3 is 2.43 bits per heavy atom. The van der Waals surface area contributed by atoms with Crippen molar-refractivity contribution >= 4 is 11.6 Å². The topological polar surface area (TPSA) is 67.6 Å². The molecule has 0 aromatic heterocycles. The quantitative estimate of drug-likeness (QED) is 0.923. The minimum Gasteiger partial charge on any atom is -0.396 e. The molecule has 23 heavy (non-hydrogen) atoms. The van der Waals surface area contributed by atoms with E-state index in [9.17, 15) is 9.90 Å². The molecule has 2 saturated heterocycles. The van der Waals surface area contributed by atoms with Crippen LogP contribution in [0, 0.1) is 17.2 Å². The normalized spacial score (nSPS) is 23.7. The largest absolute Gasteiger partial charge is 0.396 e. The number of piperidine rings is 2. The predicted molar refractivity (Wildman–Crippen MR) is 87.9 cm³/mol. The minimum atomic E-state index is -0.0426. The Morgan fingerprint density at radius 2 is 1.83 bits per heavy atom. The van der Waals surface area contributed by atoms with Gasteiger partial charge >= 0.3 is 0 Å². The van der Waals surface area contributed by atoms with Crippen molar-refractivity contribution < 1.29 is 9.90 Å². The number of rotatable bonds is 3. The van der Waals surface area contributed by atoms with E-state index in [0.29, 0.717) is 11.5 Å². The Hall–Kier alpha value is -1.90. The van der Waals surface area contributed by atoms with Gasteiger partial charge in [-0.2, -0.15) is 5.26 Å². The van der Waals surface area contributed by atoms with Gasteiger partial charge in [-0.3, -0.25) is 9.69 Å². The van der Waals surface area contributed by atoms with Crippen LogP contribution in [0.5, 0.6) is 0 Å². The average Bonchev–Trinajstić information content (AvgIpc) is 2.62. The summed E-state index contributed by atoms with van der Waals surface area (Å²) in [6, 6.07) is 9.31. The van der Waals surface area contributed by atoms with Crippen LogP contribution >= 0.6 is 0 Å². The summed E-state index contributed by atoms with van der Waals surface area (Å²) in [6.07, 6.45) is 3.85. The summed E-state index contributed by atoms with van der Waals surface area (Å²) in [7, 11) is 0. The molecule has 0 radical (unpaired) electrons. The van der Waals surface area contributed by atoms with Crippen molar-refractivity contribution in [1.29, 1.82) is 5.26 Å². The third-order valence-corrected chi connectivity index (χ3v) is 5.07. The van der Waals surface area contributed by atoms with Gasteiger partial charge in [0.25, 0.3) is 0 Å². The first-order valence-corrected chi connectivity index (χ1v) is 8.39.